The Hall–Kier alpha value is -1.62. The van der Waals surface area contributed by atoms with Gasteiger partial charge in [-0.15, -0.1) is 0 Å². The summed E-state index contributed by atoms with van der Waals surface area (Å²) >= 11 is 12.1. The van der Waals surface area contributed by atoms with Crippen LogP contribution in [0.1, 0.15) is 5.69 Å². The van der Waals surface area contributed by atoms with Gasteiger partial charge in [-0.25, -0.2) is 9.97 Å². The van der Waals surface area contributed by atoms with Gasteiger partial charge in [0.25, 0.3) is 0 Å². The van der Waals surface area contributed by atoms with Gasteiger partial charge in [-0.3, -0.25) is 4.40 Å². The summed E-state index contributed by atoms with van der Waals surface area (Å²) in [6, 6.07) is 6.95. The largest absolute Gasteiger partial charge is 0.390 e. The summed E-state index contributed by atoms with van der Waals surface area (Å²) in [6.07, 6.45) is 3.45. The molecule has 3 rings (SSSR count). The number of imidazole rings is 1. The molecule has 0 aliphatic heterocycles. The zero-order valence-corrected chi connectivity index (χ0v) is 11.2. The molecular weight excluding hydrogens is 285 g/mol. The molecule has 4 nitrogen and oxygen atoms in total. The Morgan fingerprint density at radius 1 is 1.26 bits per heavy atom. The molecule has 0 spiro atoms. The highest BCUT2D eigenvalue weighted by Crippen LogP contribution is 2.32. The first kappa shape index (κ1) is 12.4. The number of rotatable bonds is 2. The lowest BCUT2D eigenvalue weighted by Gasteiger charge is -2.04. The summed E-state index contributed by atoms with van der Waals surface area (Å²) in [7, 11) is 0. The Balaban J connectivity index is 2.30. The molecule has 2 aromatic heterocycles. The normalized spacial score (nSPS) is 11.1. The van der Waals surface area contributed by atoms with Crippen LogP contribution in [0.3, 0.4) is 0 Å². The molecule has 0 radical (unpaired) electrons. The average Bonchev–Trinajstić information content (AvgIpc) is 2.76. The predicted molar refractivity (Wildman–Crippen MR) is 74.4 cm³/mol. The van der Waals surface area contributed by atoms with Crippen LogP contribution in [-0.4, -0.2) is 19.5 Å². The summed E-state index contributed by atoms with van der Waals surface area (Å²) in [5.74, 6) is 0.521. The quantitative estimate of drug-likeness (QED) is 0.789. The Labute approximate surface area is 119 Å². The minimum absolute atomic E-state index is 0.152. The fourth-order valence-corrected chi connectivity index (χ4v) is 2.48. The number of benzene rings is 1. The number of halogens is 2. The van der Waals surface area contributed by atoms with Crippen LogP contribution in [0.25, 0.3) is 17.0 Å². The number of aliphatic hydroxyl groups excluding tert-OH is 1. The summed E-state index contributed by atoms with van der Waals surface area (Å²) in [4.78, 5) is 8.56. The molecule has 0 aliphatic rings. The summed E-state index contributed by atoms with van der Waals surface area (Å²) < 4.78 is 1.74. The molecule has 6 heteroatoms. The topological polar surface area (TPSA) is 50.4 Å². The molecular formula is C13H9Cl2N3O. The van der Waals surface area contributed by atoms with Gasteiger partial charge in [-0.1, -0.05) is 23.2 Å². The van der Waals surface area contributed by atoms with Gasteiger partial charge in [0.15, 0.2) is 0 Å². The molecule has 96 valence electrons. The molecule has 1 N–H and O–H groups in total. The predicted octanol–water partition coefficient (Wildman–Crippen LogP) is 3.20. The van der Waals surface area contributed by atoms with Crippen LogP contribution in [0.4, 0.5) is 0 Å². The maximum Gasteiger partial charge on any atom is 0.234 e. The molecule has 0 saturated heterocycles. The molecule has 1 aromatic carbocycles. The van der Waals surface area contributed by atoms with Crippen LogP contribution >= 0.6 is 23.2 Å². The van der Waals surface area contributed by atoms with Crippen LogP contribution in [0.2, 0.25) is 10.0 Å². The number of fused-ring (bicyclic) bond motifs is 1. The van der Waals surface area contributed by atoms with E-state index in [9.17, 15) is 5.11 Å². The highest BCUT2D eigenvalue weighted by Gasteiger charge is 2.16. The average molecular weight is 294 g/mol. The molecule has 0 fully saturated rings. The van der Waals surface area contributed by atoms with Crippen molar-refractivity contribution in [3.05, 3.63) is 52.4 Å². The third-order valence-electron chi connectivity index (χ3n) is 2.84. The Kier molecular flexibility index (Phi) is 3.14. The third kappa shape index (κ3) is 2.08. The highest BCUT2D eigenvalue weighted by molar-refractivity contribution is 6.36. The Morgan fingerprint density at radius 3 is 2.84 bits per heavy atom. The van der Waals surface area contributed by atoms with E-state index in [-0.39, 0.29) is 6.61 Å². The lowest BCUT2D eigenvalue weighted by Crippen LogP contribution is -1.94. The second kappa shape index (κ2) is 4.81. The Bertz CT molecular complexity index is 755. The van der Waals surface area contributed by atoms with Crippen molar-refractivity contribution in [2.24, 2.45) is 0 Å². The van der Waals surface area contributed by atoms with Gasteiger partial charge >= 0.3 is 0 Å². The van der Waals surface area contributed by atoms with E-state index in [0.717, 1.165) is 5.56 Å². The number of aromatic nitrogens is 3. The molecule has 19 heavy (non-hydrogen) atoms. The first-order valence-corrected chi connectivity index (χ1v) is 6.34. The van der Waals surface area contributed by atoms with E-state index in [1.807, 2.05) is 0 Å². The lowest BCUT2D eigenvalue weighted by molar-refractivity contribution is 0.276. The molecule has 0 amide bonds. The first-order valence-electron chi connectivity index (χ1n) is 5.59. The van der Waals surface area contributed by atoms with E-state index in [4.69, 9.17) is 23.2 Å². The first-order chi connectivity index (χ1) is 9.20. The molecule has 0 saturated carbocycles. The van der Waals surface area contributed by atoms with Gasteiger partial charge in [0.05, 0.1) is 23.0 Å². The van der Waals surface area contributed by atoms with Crippen molar-refractivity contribution in [2.75, 3.05) is 0 Å². The third-order valence-corrected chi connectivity index (χ3v) is 3.39. The van der Waals surface area contributed by atoms with Crippen molar-refractivity contribution >= 4 is 29.0 Å². The van der Waals surface area contributed by atoms with Crippen LogP contribution in [0, 0.1) is 0 Å². The molecule has 0 atom stereocenters. The van der Waals surface area contributed by atoms with Crippen molar-refractivity contribution in [1.29, 1.82) is 0 Å². The van der Waals surface area contributed by atoms with Gasteiger partial charge in [0, 0.05) is 23.0 Å². The number of nitrogens with zero attached hydrogens (tertiary/aromatic N) is 3. The fraction of sp³-hybridized carbons (Fsp3) is 0.0769. The van der Waals surface area contributed by atoms with Gasteiger partial charge in [0.2, 0.25) is 5.78 Å². The molecule has 0 aliphatic carbocycles. The van der Waals surface area contributed by atoms with Crippen molar-refractivity contribution in [1.82, 2.24) is 14.4 Å². The van der Waals surface area contributed by atoms with Crippen LogP contribution < -0.4 is 0 Å². The minimum atomic E-state index is -0.152. The zero-order valence-electron chi connectivity index (χ0n) is 9.72. The smallest absolute Gasteiger partial charge is 0.234 e. The van der Waals surface area contributed by atoms with Gasteiger partial charge in [-0.2, -0.15) is 0 Å². The summed E-state index contributed by atoms with van der Waals surface area (Å²) in [5.41, 5.74) is 1.98. The van der Waals surface area contributed by atoms with Crippen LogP contribution in [-0.2, 0) is 6.61 Å². The molecule has 0 bridgehead atoms. The van der Waals surface area contributed by atoms with Crippen LogP contribution in [0.5, 0.6) is 0 Å². The van der Waals surface area contributed by atoms with Crippen molar-refractivity contribution in [3.8, 4) is 11.3 Å². The second-order valence-corrected chi connectivity index (χ2v) is 4.82. The summed E-state index contributed by atoms with van der Waals surface area (Å²) in [5, 5.41) is 10.6. The minimum Gasteiger partial charge on any atom is -0.390 e. The van der Waals surface area contributed by atoms with E-state index in [2.05, 4.69) is 9.97 Å². The van der Waals surface area contributed by atoms with E-state index < -0.39 is 0 Å². The van der Waals surface area contributed by atoms with E-state index in [1.165, 1.54) is 0 Å². The van der Waals surface area contributed by atoms with Crippen molar-refractivity contribution in [3.63, 3.8) is 0 Å². The summed E-state index contributed by atoms with van der Waals surface area (Å²) in [6.45, 7) is -0.152. The van der Waals surface area contributed by atoms with Crippen molar-refractivity contribution < 1.29 is 5.11 Å². The van der Waals surface area contributed by atoms with E-state index >= 15 is 0 Å². The molecule has 3 aromatic rings. The van der Waals surface area contributed by atoms with Crippen molar-refractivity contribution in [2.45, 2.75) is 6.61 Å². The van der Waals surface area contributed by atoms with Gasteiger partial charge in [0.1, 0.15) is 0 Å². The van der Waals surface area contributed by atoms with Gasteiger partial charge < -0.3 is 5.11 Å². The Morgan fingerprint density at radius 2 is 2.11 bits per heavy atom. The monoisotopic (exact) mass is 293 g/mol. The van der Waals surface area contributed by atoms with E-state index in [1.54, 1.807) is 41.1 Å². The standard InChI is InChI=1S/C13H9Cl2N3O/c14-8-2-3-9(10(15)6-8)12-11(7-19)18-5-1-4-16-13(18)17-12/h1-6,19H,7H2. The maximum absolute atomic E-state index is 9.55. The second-order valence-electron chi connectivity index (χ2n) is 3.98. The highest BCUT2D eigenvalue weighted by atomic mass is 35.5. The maximum atomic E-state index is 9.55. The number of hydrogen-bond donors (Lipinski definition) is 1. The van der Waals surface area contributed by atoms with Gasteiger partial charge in [-0.05, 0) is 24.3 Å². The SMILES string of the molecule is OCc1c(-c2ccc(Cl)cc2Cl)nc2ncccn12. The van der Waals surface area contributed by atoms with Crippen LogP contribution in [0.15, 0.2) is 36.7 Å². The zero-order chi connectivity index (χ0) is 13.4. The fourth-order valence-electron chi connectivity index (χ4n) is 1.98. The molecule has 0 unspecified atom stereocenters. The molecule has 2 heterocycles. The number of aliphatic hydroxyl groups is 1. The van der Waals surface area contributed by atoms with E-state index in [0.29, 0.717) is 27.2 Å². The number of hydrogen-bond acceptors (Lipinski definition) is 3. The lowest BCUT2D eigenvalue weighted by atomic mass is 10.1.